The number of hydrogen-bond acceptors (Lipinski definition) is 6. The van der Waals surface area contributed by atoms with Crippen LogP contribution < -0.4 is 15.4 Å². The number of methoxy groups -OCH3 is 1. The smallest absolute Gasteiger partial charge is 0.314 e. The predicted octanol–water partition coefficient (Wildman–Crippen LogP) is 1.70. The Bertz CT molecular complexity index is 1070. The molecule has 10 heteroatoms. The number of fused-ring (bicyclic) bond motifs is 1. The number of carbonyl (C=O) groups is 2. The normalized spacial score (nSPS) is 17.9. The maximum atomic E-state index is 12.6. The van der Waals surface area contributed by atoms with Crippen molar-refractivity contribution in [2.45, 2.75) is 49.7 Å². The van der Waals surface area contributed by atoms with Gasteiger partial charge in [-0.25, -0.2) is 13.1 Å². The van der Waals surface area contributed by atoms with Crippen molar-refractivity contribution in [3.8, 4) is 11.4 Å². The van der Waals surface area contributed by atoms with Crippen LogP contribution in [0, 0.1) is 0 Å². The monoisotopic (exact) mass is 432 g/mol. The summed E-state index contributed by atoms with van der Waals surface area (Å²) in [7, 11) is -1.77. The Morgan fingerprint density at radius 3 is 2.43 bits per heavy atom. The molecule has 1 aliphatic heterocycles. The summed E-state index contributed by atoms with van der Waals surface area (Å²) < 4.78 is 30.7. The molecule has 1 aromatic carbocycles. The Labute approximate surface area is 174 Å². The Morgan fingerprint density at radius 2 is 1.77 bits per heavy atom. The highest BCUT2D eigenvalue weighted by Gasteiger charge is 2.34. The summed E-state index contributed by atoms with van der Waals surface area (Å²) in [4.78, 5) is 25.0. The third kappa shape index (κ3) is 4.18. The quantitative estimate of drug-likeness (QED) is 0.710. The molecule has 2 N–H and O–H groups in total. The highest BCUT2D eigenvalue weighted by Crippen LogP contribution is 2.33. The Kier molecular flexibility index (Phi) is 5.50. The second-order valence-corrected chi connectivity index (χ2v) is 9.74. The van der Waals surface area contributed by atoms with E-state index in [0.717, 1.165) is 32.1 Å². The molecule has 0 unspecified atom stereocenters. The van der Waals surface area contributed by atoms with Gasteiger partial charge in [-0.1, -0.05) is 19.3 Å². The van der Waals surface area contributed by atoms with Crippen molar-refractivity contribution in [1.29, 1.82) is 0 Å². The summed E-state index contributed by atoms with van der Waals surface area (Å²) in [6, 6.07) is 6.95. The lowest BCUT2D eigenvalue weighted by atomic mass is 9.95. The van der Waals surface area contributed by atoms with Crippen LogP contribution in [0.3, 0.4) is 0 Å². The molecular weight excluding hydrogens is 408 g/mol. The van der Waals surface area contributed by atoms with Gasteiger partial charge >= 0.3 is 11.8 Å². The Morgan fingerprint density at radius 1 is 1.07 bits per heavy atom. The molecular formula is C20H24N4O5S. The third-order valence-corrected chi connectivity index (χ3v) is 6.92. The maximum Gasteiger partial charge on any atom is 0.314 e. The molecule has 0 radical (unpaired) electrons. The lowest BCUT2D eigenvalue weighted by Gasteiger charge is -2.22. The molecule has 2 amide bonds. The third-order valence-electron chi connectivity index (χ3n) is 5.48. The van der Waals surface area contributed by atoms with Gasteiger partial charge in [0, 0.05) is 11.6 Å². The first-order valence-corrected chi connectivity index (χ1v) is 11.8. The summed E-state index contributed by atoms with van der Waals surface area (Å²) in [5.41, 5.74) is 1.42. The Balaban J connectivity index is 1.60. The van der Waals surface area contributed by atoms with Gasteiger partial charge in [-0.2, -0.15) is 5.10 Å². The van der Waals surface area contributed by atoms with Crippen molar-refractivity contribution >= 4 is 27.5 Å². The maximum absolute atomic E-state index is 12.6. The summed E-state index contributed by atoms with van der Waals surface area (Å²) >= 11 is 0. The van der Waals surface area contributed by atoms with E-state index in [2.05, 4.69) is 15.7 Å². The molecule has 0 bridgehead atoms. The van der Waals surface area contributed by atoms with Crippen LogP contribution in [0.2, 0.25) is 0 Å². The number of benzene rings is 1. The minimum absolute atomic E-state index is 0.00501. The number of aromatic nitrogens is 2. The number of anilines is 1. The number of ether oxygens (including phenoxy) is 1. The van der Waals surface area contributed by atoms with Gasteiger partial charge in [0.1, 0.15) is 11.6 Å². The summed E-state index contributed by atoms with van der Waals surface area (Å²) in [6.45, 7) is 0. The van der Waals surface area contributed by atoms with Gasteiger partial charge in [-0.05, 0) is 37.1 Å². The van der Waals surface area contributed by atoms with E-state index in [4.69, 9.17) is 4.74 Å². The fraction of sp³-hybridized carbons (Fsp3) is 0.450. The molecule has 0 spiro atoms. The molecule has 1 fully saturated rings. The molecule has 30 heavy (non-hydrogen) atoms. The number of carbonyl (C=O) groups excluding carboxylic acids is 2. The van der Waals surface area contributed by atoms with E-state index in [1.54, 1.807) is 31.4 Å². The molecule has 1 saturated carbocycles. The fourth-order valence-corrected chi connectivity index (χ4v) is 5.44. The van der Waals surface area contributed by atoms with Crippen LogP contribution in [0.25, 0.3) is 5.69 Å². The first kappa shape index (κ1) is 20.4. The van der Waals surface area contributed by atoms with E-state index in [-0.39, 0.29) is 23.4 Å². The van der Waals surface area contributed by atoms with E-state index >= 15 is 0 Å². The van der Waals surface area contributed by atoms with E-state index in [9.17, 15) is 18.0 Å². The van der Waals surface area contributed by atoms with Crippen molar-refractivity contribution < 1.29 is 22.7 Å². The summed E-state index contributed by atoms with van der Waals surface area (Å²) in [5.74, 6) is -1.11. The van der Waals surface area contributed by atoms with Crippen molar-refractivity contribution in [2.24, 2.45) is 0 Å². The van der Waals surface area contributed by atoms with E-state index in [0.29, 0.717) is 22.7 Å². The van der Waals surface area contributed by atoms with Crippen LogP contribution in [0.1, 0.15) is 43.4 Å². The zero-order valence-corrected chi connectivity index (χ0v) is 17.5. The lowest BCUT2D eigenvalue weighted by molar-refractivity contribution is -0.136. The van der Waals surface area contributed by atoms with Crippen molar-refractivity contribution in [2.75, 3.05) is 12.4 Å². The van der Waals surface area contributed by atoms with Crippen LogP contribution in [-0.4, -0.2) is 43.2 Å². The van der Waals surface area contributed by atoms with Gasteiger partial charge in [0.2, 0.25) is 0 Å². The molecule has 0 atom stereocenters. The molecule has 2 heterocycles. The van der Waals surface area contributed by atoms with Gasteiger partial charge < -0.3 is 15.4 Å². The minimum atomic E-state index is -3.32. The van der Waals surface area contributed by atoms with Gasteiger partial charge in [-0.3, -0.25) is 9.59 Å². The number of nitrogens with one attached hydrogen (secondary N) is 2. The van der Waals surface area contributed by atoms with E-state index in [1.807, 2.05) is 0 Å². The first-order chi connectivity index (χ1) is 14.4. The molecule has 4 rings (SSSR count). The summed E-state index contributed by atoms with van der Waals surface area (Å²) in [5, 5.41) is 9.76. The second kappa shape index (κ2) is 8.10. The van der Waals surface area contributed by atoms with Gasteiger partial charge in [-0.15, -0.1) is 0 Å². The average molecular weight is 433 g/mol. The first-order valence-electron chi connectivity index (χ1n) is 9.94. The molecule has 160 valence electrons. The summed E-state index contributed by atoms with van der Waals surface area (Å²) in [6.07, 6.45) is 4.91. The SMILES string of the molecule is COc1ccc(-n2nc3c(c2NC(=O)C(=O)NC2CCCCC2)CS(=O)(=O)C3)cc1. The number of nitrogens with zero attached hydrogens (tertiary/aromatic N) is 2. The average Bonchev–Trinajstić information content (AvgIpc) is 3.21. The highest BCUT2D eigenvalue weighted by molar-refractivity contribution is 7.90. The standard InChI is InChI=1S/C20H24N4O5S/c1-29-15-9-7-14(8-10-15)24-18(16-11-30(27,28)12-17(16)23-24)22-20(26)19(25)21-13-5-3-2-4-6-13/h7-10,13H,2-6,11-12H2,1H3,(H,21,25)(H,22,26). The lowest BCUT2D eigenvalue weighted by Crippen LogP contribution is -2.42. The van der Waals surface area contributed by atoms with Crippen LogP contribution in [0.5, 0.6) is 5.75 Å². The van der Waals surface area contributed by atoms with Crippen LogP contribution in [-0.2, 0) is 30.9 Å². The topological polar surface area (TPSA) is 119 Å². The number of hydrogen-bond donors (Lipinski definition) is 2. The highest BCUT2D eigenvalue weighted by atomic mass is 32.2. The fourth-order valence-electron chi connectivity index (χ4n) is 3.94. The predicted molar refractivity (Wildman–Crippen MR) is 110 cm³/mol. The Hall–Kier alpha value is -2.88. The van der Waals surface area contributed by atoms with E-state index in [1.165, 1.54) is 4.68 Å². The van der Waals surface area contributed by atoms with Crippen molar-refractivity contribution in [3.05, 3.63) is 35.5 Å². The largest absolute Gasteiger partial charge is 0.497 e. The minimum Gasteiger partial charge on any atom is -0.497 e. The zero-order chi connectivity index (χ0) is 21.3. The van der Waals surface area contributed by atoms with E-state index < -0.39 is 21.7 Å². The zero-order valence-electron chi connectivity index (χ0n) is 16.7. The van der Waals surface area contributed by atoms with Crippen molar-refractivity contribution in [3.63, 3.8) is 0 Å². The van der Waals surface area contributed by atoms with Gasteiger partial charge in [0.25, 0.3) is 0 Å². The van der Waals surface area contributed by atoms with Gasteiger partial charge in [0.05, 0.1) is 30.0 Å². The van der Waals surface area contributed by atoms with Crippen LogP contribution in [0.15, 0.2) is 24.3 Å². The number of rotatable bonds is 4. The second-order valence-electron chi connectivity index (χ2n) is 7.68. The molecule has 0 saturated heterocycles. The van der Waals surface area contributed by atoms with Crippen LogP contribution >= 0.6 is 0 Å². The van der Waals surface area contributed by atoms with Crippen LogP contribution in [0.4, 0.5) is 5.82 Å². The van der Waals surface area contributed by atoms with Gasteiger partial charge in [0.15, 0.2) is 9.84 Å². The molecule has 2 aromatic rings. The molecule has 1 aromatic heterocycles. The molecule has 2 aliphatic rings. The number of amides is 2. The van der Waals surface area contributed by atoms with Crippen molar-refractivity contribution in [1.82, 2.24) is 15.1 Å². The molecule has 9 nitrogen and oxygen atoms in total. The molecule has 1 aliphatic carbocycles. The number of sulfone groups is 1.